The van der Waals surface area contributed by atoms with Gasteiger partial charge >= 0.3 is 0 Å². The van der Waals surface area contributed by atoms with Crippen molar-refractivity contribution in [3.63, 3.8) is 0 Å². The Balaban J connectivity index is -0.0000000896. The average Bonchev–Trinajstić information content (AvgIpc) is 1.99. The molecular weight excluding hydrogens is 289 g/mol. The van der Waals surface area contributed by atoms with E-state index in [1.807, 2.05) is 41.5 Å². The summed E-state index contributed by atoms with van der Waals surface area (Å²) in [4.78, 5) is 21.0. The molecule has 0 heterocycles. The quantitative estimate of drug-likeness (QED) is 0.735. The SMILES string of the molecule is C.CCC(=O)C(C)(C)C.[CH2-]C(=O)CC(C)C.[Y]. The molecule has 2 nitrogen and oxygen atoms in total. The summed E-state index contributed by atoms with van der Waals surface area (Å²) in [5.74, 6) is 0.831. The van der Waals surface area contributed by atoms with Gasteiger partial charge in [-0.15, -0.1) is 0 Å². The first-order valence-electron chi connectivity index (χ1n) is 5.49. The van der Waals surface area contributed by atoms with Gasteiger partial charge in [0.2, 0.25) is 0 Å². The van der Waals surface area contributed by atoms with Crippen LogP contribution >= 0.6 is 0 Å². The molecule has 0 atom stereocenters. The van der Waals surface area contributed by atoms with Gasteiger partial charge in [0.15, 0.2) is 0 Å². The van der Waals surface area contributed by atoms with Crippen molar-refractivity contribution in [2.24, 2.45) is 11.3 Å². The normalized spacial score (nSPS) is 9.35. The molecule has 1 radical (unpaired) electrons. The second-order valence-corrected chi connectivity index (χ2v) is 5.16. The van der Waals surface area contributed by atoms with Gasteiger partial charge in [-0.05, 0) is 18.1 Å². The van der Waals surface area contributed by atoms with Crippen molar-refractivity contribution in [1.82, 2.24) is 0 Å². The summed E-state index contributed by atoms with van der Waals surface area (Å²) >= 11 is 0. The Morgan fingerprint density at radius 2 is 1.53 bits per heavy atom. The zero-order valence-corrected chi connectivity index (χ0v) is 14.4. The Labute approximate surface area is 133 Å². The summed E-state index contributed by atoms with van der Waals surface area (Å²) in [7, 11) is 0. The molecule has 0 N–H and O–H groups in total. The van der Waals surface area contributed by atoms with Gasteiger partial charge in [0.05, 0.1) is 0 Å². The number of ketones is 2. The molecule has 0 aromatic heterocycles. The number of hydrogen-bond acceptors (Lipinski definition) is 2. The molecular formula is C14H29O2Y-. The van der Waals surface area contributed by atoms with E-state index < -0.39 is 0 Å². The number of rotatable bonds is 3. The standard InChI is InChI=1S/C7H14O.C6H11O.CH4.Y/c1-5-6(8)7(2,3)4;1-5(2)4-6(3)7;;/h5H2,1-4H3;5H,3-4H2,1-2H3;1H4;/q;-1;;. The number of carbonyl (C=O) groups excluding carboxylic acids is 2. The molecule has 0 spiro atoms. The molecule has 0 bridgehead atoms. The van der Waals surface area contributed by atoms with Gasteiger partial charge in [0.25, 0.3) is 0 Å². The van der Waals surface area contributed by atoms with Gasteiger partial charge in [-0.2, -0.15) is 0 Å². The van der Waals surface area contributed by atoms with Crippen LogP contribution < -0.4 is 0 Å². The van der Waals surface area contributed by atoms with E-state index in [0.717, 1.165) is 0 Å². The molecule has 0 fully saturated rings. The zero-order valence-electron chi connectivity index (χ0n) is 11.6. The summed E-state index contributed by atoms with van der Waals surface area (Å²) in [5, 5.41) is 0. The minimum atomic E-state index is -0.130. The van der Waals surface area contributed by atoms with E-state index in [4.69, 9.17) is 0 Å². The Hall–Kier alpha value is 0.314. The molecule has 0 aromatic carbocycles. The van der Waals surface area contributed by atoms with Crippen LogP contribution in [0.25, 0.3) is 0 Å². The van der Waals surface area contributed by atoms with Gasteiger partial charge in [-0.3, -0.25) is 4.79 Å². The van der Waals surface area contributed by atoms with E-state index in [1.165, 1.54) is 0 Å². The van der Waals surface area contributed by atoms with Crippen molar-refractivity contribution in [3.05, 3.63) is 6.92 Å². The number of hydrogen-bond donors (Lipinski definition) is 0. The van der Waals surface area contributed by atoms with Crippen LogP contribution in [0.2, 0.25) is 0 Å². The Morgan fingerprint density at radius 3 is 1.53 bits per heavy atom. The largest absolute Gasteiger partial charge is 0.339 e. The molecule has 0 saturated carbocycles. The second-order valence-electron chi connectivity index (χ2n) is 5.16. The van der Waals surface area contributed by atoms with Crippen LogP contribution in [0.5, 0.6) is 0 Å². The van der Waals surface area contributed by atoms with Crippen LogP contribution in [-0.4, -0.2) is 11.6 Å². The molecule has 3 heteroatoms. The topological polar surface area (TPSA) is 34.1 Å². The van der Waals surface area contributed by atoms with Gasteiger partial charge in [0.1, 0.15) is 5.78 Å². The fourth-order valence-electron chi connectivity index (χ4n) is 0.986. The van der Waals surface area contributed by atoms with Crippen LogP contribution in [0, 0.1) is 18.3 Å². The van der Waals surface area contributed by atoms with Crippen LogP contribution in [0.1, 0.15) is 61.8 Å². The molecule has 0 unspecified atom stereocenters. The van der Waals surface area contributed by atoms with Crippen molar-refractivity contribution < 1.29 is 42.3 Å². The van der Waals surface area contributed by atoms with E-state index in [9.17, 15) is 9.59 Å². The van der Waals surface area contributed by atoms with E-state index in [1.54, 1.807) is 0 Å². The van der Waals surface area contributed by atoms with Crippen molar-refractivity contribution in [2.75, 3.05) is 0 Å². The zero-order chi connectivity index (χ0) is 12.6. The second kappa shape index (κ2) is 12.8. The Kier molecular flexibility index (Phi) is 19.5. The third-order valence-corrected chi connectivity index (χ3v) is 1.79. The van der Waals surface area contributed by atoms with Crippen molar-refractivity contribution in [3.8, 4) is 0 Å². The number of Topliss-reactive ketones (excluding diaryl/α,β-unsaturated/α-hetero) is 2. The molecule has 0 saturated heterocycles. The molecule has 0 aromatic rings. The maximum atomic E-state index is 10.8. The predicted molar refractivity (Wildman–Crippen MR) is 71.3 cm³/mol. The van der Waals surface area contributed by atoms with Crippen LogP contribution in [-0.2, 0) is 42.3 Å². The average molecular weight is 318 g/mol. The molecule has 0 rings (SSSR count). The molecule has 0 aliphatic carbocycles. The number of carbonyl (C=O) groups is 2. The monoisotopic (exact) mass is 318 g/mol. The van der Waals surface area contributed by atoms with Crippen LogP contribution in [0.4, 0.5) is 0 Å². The molecule has 101 valence electrons. The van der Waals surface area contributed by atoms with Gasteiger partial charge < -0.3 is 11.7 Å². The van der Waals surface area contributed by atoms with Crippen molar-refractivity contribution in [1.29, 1.82) is 0 Å². The van der Waals surface area contributed by atoms with E-state index in [0.29, 0.717) is 24.5 Å². The van der Waals surface area contributed by atoms with E-state index in [-0.39, 0.29) is 51.3 Å². The maximum absolute atomic E-state index is 10.8. The first-order valence-corrected chi connectivity index (χ1v) is 5.49. The van der Waals surface area contributed by atoms with Crippen molar-refractivity contribution in [2.45, 2.75) is 61.8 Å². The maximum Gasteiger partial charge on any atom is 0.137 e. The molecule has 0 aliphatic heterocycles. The molecule has 17 heavy (non-hydrogen) atoms. The van der Waals surface area contributed by atoms with Crippen LogP contribution in [0.3, 0.4) is 0 Å². The predicted octanol–water partition coefficient (Wildman–Crippen LogP) is 4.08. The van der Waals surface area contributed by atoms with Gasteiger partial charge in [-0.1, -0.05) is 49.0 Å². The smallest absolute Gasteiger partial charge is 0.137 e. The van der Waals surface area contributed by atoms with Crippen LogP contribution in [0.15, 0.2) is 0 Å². The Bertz CT molecular complexity index is 203. The minimum Gasteiger partial charge on any atom is -0.339 e. The fourth-order valence-corrected chi connectivity index (χ4v) is 0.986. The first kappa shape index (κ1) is 26.0. The first-order chi connectivity index (χ1) is 6.61. The summed E-state index contributed by atoms with van der Waals surface area (Å²) in [5.41, 5.74) is -0.130. The van der Waals surface area contributed by atoms with Crippen molar-refractivity contribution >= 4 is 11.6 Å². The van der Waals surface area contributed by atoms with E-state index in [2.05, 4.69) is 6.92 Å². The Morgan fingerprint density at radius 1 is 1.18 bits per heavy atom. The van der Waals surface area contributed by atoms with Gasteiger partial charge in [-0.25, -0.2) is 0 Å². The third kappa shape index (κ3) is 22.0. The summed E-state index contributed by atoms with van der Waals surface area (Å²) in [6.07, 6.45) is 1.27. The molecule has 0 amide bonds. The fraction of sp³-hybridized carbons (Fsp3) is 0.786. The minimum absolute atomic E-state index is 0. The van der Waals surface area contributed by atoms with Gasteiger partial charge in [0, 0.05) is 44.5 Å². The summed E-state index contributed by atoms with van der Waals surface area (Å²) in [6, 6.07) is 0. The summed E-state index contributed by atoms with van der Waals surface area (Å²) in [6.45, 7) is 15.0. The summed E-state index contributed by atoms with van der Waals surface area (Å²) < 4.78 is 0. The van der Waals surface area contributed by atoms with E-state index >= 15 is 0 Å². The molecule has 0 aliphatic rings. The third-order valence-electron chi connectivity index (χ3n) is 1.79.